The van der Waals surface area contributed by atoms with Gasteiger partial charge in [0.05, 0.1) is 0 Å². The van der Waals surface area contributed by atoms with Crippen molar-refractivity contribution in [3.05, 3.63) is 218 Å². The van der Waals surface area contributed by atoms with Crippen LogP contribution in [0.5, 0.6) is 5.75 Å². The lowest BCUT2D eigenvalue weighted by Gasteiger charge is -2.23. The van der Waals surface area contributed by atoms with Crippen LogP contribution in [0.4, 0.5) is 0 Å². The van der Waals surface area contributed by atoms with Gasteiger partial charge in [0.1, 0.15) is 5.75 Å². The number of hydrogen-bond acceptors (Lipinski definition) is 1. The summed E-state index contributed by atoms with van der Waals surface area (Å²) in [5.74, 6) is 0.273. The van der Waals surface area contributed by atoms with Crippen LogP contribution in [0, 0.1) is 0 Å². The largest absolute Gasteiger partial charge is 0.508 e. The quantitative estimate of drug-likeness (QED) is 0.169. The zero-order valence-corrected chi connectivity index (χ0v) is 28.6. The third-order valence-corrected chi connectivity index (χ3v) is 10.9. The van der Waals surface area contributed by atoms with Crippen molar-refractivity contribution in [2.75, 3.05) is 0 Å². The van der Waals surface area contributed by atoms with Gasteiger partial charge < -0.3 is 5.11 Å². The monoisotopic (exact) mass is 660 g/mol. The predicted octanol–water partition coefficient (Wildman–Crippen LogP) is 11.5. The van der Waals surface area contributed by atoms with Gasteiger partial charge in [-0.15, -0.1) is 0 Å². The van der Waals surface area contributed by atoms with E-state index in [0.29, 0.717) is 0 Å². The van der Waals surface area contributed by atoms with Gasteiger partial charge in [-0.2, -0.15) is 0 Å². The van der Waals surface area contributed by atoms with Gasteiger partial charge in [-0.05, 0) is 117 Å². The molecule has 0 saturated carbocycles. The molecule has 0 aliphatic rings. The van der Waals surface area contributed by atoms with Gasteiger partial charge in [-0.25, -0.2) is 0 Å². The predicted molar refractivity (Wildman–Crippen MR) is 215 cm³/mol. The van der Waals surface area contributed by atoms with Crippen molar-refractivity contribution in [2.24, 2.45) is 0 Å². The van der Waals surface area contributed by atoms with E-state index in [4.69, 9.17) is 0 Å². The summed E-state index contributed by atoms with van der Waals surface area (Å²) < 4.78 is 0. The molecule has 0 aromatic heterocycles. The van der Waals surface area contributed by atoms with Crippen molar-refractivity contribution in [1.82, 2.24) is 0 Å². The molecule has 240 valence electrons. The number of aromatic hydroxyl groups is 1. The van der Waals surface area contributed by atoms with Crippen molar-refractivity contribution in [3.8, 4) is 50.3 Å². The molecule has 0 fully saturated rings. The van der Waals surface area contributed by atoms with Crippen molar-refractivity contribution >= 4 is 23.8 Å². The fourth-order valence-corrected chi connectivity index (χ4v) is 8.52. The first-order valence-electron chi connectivity index (χ1n) is 16.8. The van der Waals surface area contributed by atoms with Crippen molar-refractivity contribution in [2.45, 2.75) is 0 Å². The van der Waals surface area contributed by atoms with Gasteiger partial charge in [-0.3, -0.25) is 0 Å². The number of phenolic OH excluding ortho intramolecular Hbond substituents is 1. The number of phenols is 1. The van der Waals surface area contributed by atoms with Crippen LogP contribution in [0.25, 0.3) is 44.5 Å². The summed E-state index contributed by atoms with van der Waals surface area (Å²) in [6.45, 7) is 0. The Morgan fingerprint density at radius 2 is 0.500 bits per heavy atom. The van der Waals surface area contributed by atoms with Crippen LogP contribution >= 0.6 is 7.92 Å². The Balaban J connectivity index is 0.000000593. The van der Waals surface area contributed by atoms with Gasteiger partial charge in [0.15, 0.2) is 0 Å². The Labute approximate surface area is 296 Å². The van der Waals surface area contributed by atoms with Crippen molar-refractivity contribution < 1.29 is 5.11 Å². The van der Waals surface area contributed by atoms with Crippen LogP contribution in [-0.4, -0.2) is 5.11 Å². The molecule has 8 aromatic carbocycles. The lowest BCUT2D eigenvalue weighted by Crippen LogP contribution is -2.21. The van der Waals surface area contributed by atoms with Gasteiger partial charge in [0, 0.05) is 0 Å². The van der Waals surface area contributed by atoms with Crippen LogP contribution in [0.3, 0.4) is 0 Å². The lowest BCUT2D eigenvalue weighted by molar-refractivity contribution is 0.475. The second-order valence-corrected chi connectivity index (χ2v) is 14.2. The molecule has 0 saturated heterocycles. The molecule has 0 bridgehead atoms. The average molecular weight is 661 g/mol. The Morgan fingerprint density at radius 1 is 0.240 bits per heavy atom. The van der Waals surface area contributed by atoms with Crippen molar-refractivity contribution in [1.29, 1.82) is 0 Å². The van der Waals surface area contributed by atoms with E-state index in [1.54, 1.807) is 0 Å². The molecule has 0 radical (unpaired) electrons. The van der Waals surface area contributed by atoms with E-state index in [-0.39, 0.29) is 5.75 Å². The fraction of sp³-hybridized carbons (Fsp3) is 0. The summed E-state index contributed by atoms with van der Waals surface area (Å²) in [7, 11) is -0.996. The second-order valence-electron chi connectivity index (χ2n) is 12.0. The number of rotatable bonds is 7. The standard InChI is InChI=1S/C42H31OP.C6H6/c43-39-21-23-40(24-22-39)44(41-27-35(31-13-5-1-6-14-31)25-36(28-41)32-15-7-2-8-16-32)42-29-37(33-17-9-3-10-18-33)26-38(30-42)34-19-11-4-12-20-34;1-2-4-6-5-3-1/h1-30,43H;1-6H. The first-order chi connectivity index (χ1) is 24.7. The van der Waals surface area contributed by atoms with E-state index in [1.165, 1.54) is 60.4 Å². The van der Waals surface area contributed by atoms with E-state index < -0.39 is 7.92 Å². The highest BCUT2D eigenvalue weighted by Crippen LogP contribution is 2.39. The Bertz CT molecular complexity index is 1970. The summed E-state index contributed by atoms with van der Waals surface area (Å²) in [4.78, 5) is 0. The van der Waals surface area contributed by atoms with E-state index in [1.807, 2.05) is 48.5 Å². The van der Waals surface area contributed by atoms with Crippen LogP contribution in [0.15, 0.2) is 218 Å². The molecule has 2 heteroatoms. The highest BCUT2D eigenvalue weighted by Gasteiger charge is 2.21. The molecular formula is C48H37OP. The molecule has 0 aliphatic carbocycles. The molecule has 0 heterocycles. The average Bonchev–Trinajstić information content (AvgIpc) is 3.21. The maximum Gasteiger partial charge on any atom is 0.115 e. The fourth-order valence-electron chi connectivity index (χ4n) is 6.10. The molecule has 50 heavy (non-hydrogen) atoms. The van der Waals surface area contributed by atoms with Gasteiger partial charge >= 0.3 is 0 Å². The molecule has 8 rings (SSSR count). The Kier molecular flexibility index (Phi) is 10.4. The molecule has 0 atom stereocenters. The Morgan fingerprint density at radius 3 is 0.780 bits per heavy atom. The molecule has 0 unspecified atom stereocenters. The van der Waals surface area contributed by atoms with Crippen LogP contribution in [0.1, 0.15) is 0 Å². The zero-order chi connectivity index (χ0) is 34.0. The summed E-state index contributed by atoms with van der Waals surface area (Å²) >= 11 is 0. The first-order valence-corrected chi connectivity index (χ1v) is 18.2. The van der Waals surface area contributed by atoms with E-state index in [2.05, 4.69) is 170 Å². The van der Waals surface area contributed by atoms with Crippen molar-refractivity contribution in [3.63, 3.8) is 0 Å². The molecule has 0 amide bonds. The Hall–Kier alpha value is -6.01. The van der Waals surface area contributed by atoms with Gasteiger partial charge in [0.2, 0.25) is 0 Å². The van der Waals surface area contributed by atoms with Gasteiger partial charge in [0.25, 0.3) is 0 Å². The summed E-state index contributed by atoms with van der Waals surface area (Å²) in [6, 6.07) is 76.3. The van der Waals surface area contributed by atoms with E-state index in [0.717, 1.165) is 0 Å². The second kappa shape index (κ2) is 15.9. The lowest BCUT2D eigenvalue weighted by atomic mass is 9.99. The van der Waals surface area contributed by atoms with Gasteiger partial charge in [-0.1, -0.05) is 170 Å². The molecule has 8 aromatic rings. The first kappa shape index (κ1) is 32.5. The third kappa shape index (κ3) is 7.99. The smallest absolute Gasteiger partial charge is 0.115 e. The van der Waals surface area contributed by atoms with Crippen LogP contribution < -0.4 is 15.9 Å². The van der Waals surface area contributed by atoms with Crippen LogP contribution in [-0.2, 0) is 0 Å². The minimum Gasteiger partial charge on any atom is -0.508 e. The minimum absolute atomic E-state index is 0.273. The molecular weight excluding hydrogens is 624 g/mol. The normalized spacial score (nSPS) is 10.7. The summed E-state index contributed by atoms with van der Waals surface area (Å²) in [5, 5.41) is 14.0. The topological polar surface area (TPSA) is 20.2 Å². The molecule has 1 nitrogen and oxygen atoms in total. The van der Waals surface area contributed by atoms with Crippen LogP contribution in [0.2, 0.25) is 0 Å². The molecule has 1 N–H and O–H groups in total. The van der Waals surface area contributed by atoms with E-state index >= 15 is 0 Å². The molecule has 0 aliphatic heterocycles. The highest BCUT2D eigenvalue weighted by molar-refractivity contribution is 7.79. The minimum atomic E-state index is -0.996. The maximum atomic E-state index is 10.3. The number of hydrogen-bond donors (Lipinski definition) is 1. The highest BCUT2D eigenvalue weighted by atomic mass is 31.1. The zero-order valence-electron chi connectivity index (χ0n) is 27.7. The summed E-state index contributed by atoms with van der Waals surface area (Å²) in [5.41, 5.74) is 9.52. The number of benzene rings is 8. The SMILES string of the molecule is Oc1ccc(P(c2cc(-c3ccccc3)cc(-c3ccccc3)c2)c2cc(-c3ccccc3)cc(-c3ccccc3)c2)cc1.c1ccccc1. The summed E-state index contributed by atoms with van der Waals surface area (Å²) in [6.07, 6.45) is 0. The maximum absolute atomic E-state index is 10.3. The third-order valence-electron chi connectivity index (χ3n) is 8.56. The van der Waals surface area contributed by atoms with E-state index in [9.17, 15) is 5.11 Å². The molecule has 0 spiro atoms.